The number of H-pyrrole nitrogens is 1. The molecule has 2 aromatic carbocycles. The number of aromatic amines is 1. The van der Waals surface area contributed by atoms with Crippen LogP contribution in [0.5, 0.6) is 17.2 Å². The second kappa shape index (κ2) is 10.0. The number of para-hydroxylation sites is 2. The third-order valence-electron chi connectivity index (χ3n) is 5.68. The molecule has 2 aromatic heterocycles. The maximum atomic E-state index is 13.0. The predicted molar refractivity (Wildman–Crippen MR) is 138 cm³/mol. The number of pyridine rings is 2. The monoisotopic (exact) mass is 488 g/mol. The molecule has 0 radical (unpaired) electrons. The van der Waals surface area contributed by atoms with Crippen LogP contribution in [0.4, 0.5) is 5.69 Å². The van der Waals surface area contributed by atoms with Crippen molar-refractivity contribution in [2.24, 2.45) is 0 Å². The second-order valence-corrected chi connectivity index (χ2v) is 8.44. The molecule has 178 valence electrons. The first-order valence-electron chi connectivity index (χ1n) is 11.1. The van der Waals surface area contributed by atoms with Crippen LogP contribution in [0.25, 0.3) is 10.9 Å². The number of aromatic nitrogens is 2. The van der Waals surface area contributed by atoms with E-state index in [1.54, 1.807) is 25.6 Å². The molecule has 8 nitrogen and oxygen atoms in total. The van der Waals surface area contributed by atoms with Gasteiger partial charge in [0.1, 0.15) is 19.0 Å². The summed E-state index contributed by atoms with van der Waals surface area (Å²) in [5.74, 6) is 1.97. The fourth-order valence-electron chi connectivity index (χ4n) is 3.96. The zero-order valence-electron chi connectivity index (χ0n) is 19.1. The number of benzene rings is 2. The van der Waals surface area contributed by atoms with Crippen molar-refractivity contribution in [3.8, 4) is 17.2 Å². The molecule has 5 rings (SSSR count). The van der Waals surface area contributed by atoms with Crippen molar-refractivity contribution < 1.29 is 14.2 Å². The molecule has 2 N–H and O–H groups in total. The van der Waals surface area contributed by atoms with E-state index in [0.29, 0.717) is 53.2 Å². The number of anilines is 1. The van der Waals surface area contributed by atoms with Crippen molar-refractivity contribution >= 4 is 33.9 Å². The molecule has 0 amide bonds. The molecule has 0 saturated carbocycles. The molecule has 4 aromatic rings. The molecule has 0 saturated heterocycles. The molecule has 0 fully saturated rings. The van der Waals surface area contributed by atoms with Gasteiger partial charge in [0.15, 0.2) is 16.6 Å². The largest absolute Gasteiger partial charge is 0.495 e. The highest BCUT2D eigenvalue weighted by atomic mass is 32.1. The minimum atomic E-state index is -0.189. The van der Waals surface area contributed by atoms with E-state index in [1.807, 2.05) is 53.4 Å². The summed E-state index contributed by atoms with van der Waals surface area (Å²) in [6.07, 6.45) is 3.51. The van der Waals surface area contributed by atoms with Crippen molar-refractivity contribution in [1.82, 2.24) is 14.9 Å². The van der Waals surface area contributed by atoms with E-state index in [-0.39, 0.29) is 12.1 Å². The predicted octanol–water partition coefficient (Wildman–Crippen LogP) is 4.10. The maximum Gasteiger partial charge on any atom is 0.253 e. The molecule has 9 heteroatoms. The fourth-order valence-corrected chi connectivity index (χ4v) is 4.20. The quantitative estimate of drug-likeness (QED) is 0.392. The van der Waals surface area contributed by atoms with Crippen LogP contribution in [0.15, 0.2) is 71.8 Å². The zero-order valence-corrected chi connectivity index (χ0v) is 19.9. The van der Waals surface area contributed by atoms with Crippen molar-refractivity contribution in [2.75, 3.05) is 25.6 Å². The lowest BCUT2D eigenvalue weighted by atomic mass is 10.1. The van der Waals surface area contributed by atoms with E-state index in [4.69, 9.17) is 26.4 Å². The second-order valence-electron chi connectivity index (χ2n) is 8.05. The number of methoxy groups -OCH3 is 1. The Balaban J connectivity index is 1.47. The Morgan fingerprint density at radius 1 is 1.11 bits per heavy atom. The lowest BCUT2D eigenvalue weighted by molar-refractivity contribution is 0.172. The van der Waals surface area contributed by atoms with Crippen LogP contribution >= 0.6 is 12.2 Å². The van der Waals surface area contributed by atoms with E-state index in [0.717, 1.165) is 16.6 Å². The minimum Gasteiger partial charge on any atom is -0.495 e. The van der Waals surface area contributed by atoms with Gasteiger partial charge in [-0.15, -0.1) is 0 Å². The molecule has 35 heavy (non-hydrogen) atoms. The fraction of sp³-hybridized carbons (Fsp3) is 0.192. The van der Waals surface area contributed by atoms with Crippen molar-refractivity contribution in [1.29, 1.82) is 0 Å². The molecule has 0 unspecified atom stereocenters. The van der Waals surface area contributed by atoms with E-state index < -0.39 is 0 Å². The summed E-state index contributed by atoms with van der Waals surface area (Å²) < 4.78 is 16.8. The normalized spacial score (nSPS) is 12.3. The lowest BCUT2D eigenvalue weighted by Gasteiger charge is -2.26. The molecule has 0 atom stereocenters. The number of nitrogens with zero attached hydrogens (tertiary/aromatic N) is 2. The SMILES string of the molecule is COc1ccccc1NC(=S)N(Cc1cccnc1)Cc1cc2cc3c(cc2[nH]c1=O)OCCO3. The Hall–Kier alpha value is -4.11. The lowest BCUT2D eigenvalue weighted by Crippen LogP contribution is -2.35. The Kier molecular flexibility index (Phi) is 6.49. The minimum absolute atomic E-state index is 0.189. The van der Waals surface area contributed by atoms with E-state index >= 15 is 0 Å². The zero-order chi connectivity index (χ0) is 24.2. The van der Waals surface area contributed by atoms with Crippen LogP contribution in [-0.4, -0.2) is 40.3 Å². The smallest absolute Gasteiger partial charge is 0.253 e. The van der Waals surface area contributed by atoms with Crippen LogP contribution in [0, 0.1) is 0 Å². The summed E-state index contributed by atoms with van der Waals surface area (Å²) in [6, 6.07) is 16.9. The third-order valence-corrected chi connectivity index (χ3v) is 6.04. The maximum absolute atomic E-state index is 13.0. The van der Waals surface area contributed by atoms with E-state index in [2.05, 4.69) is 15.3 Å². The van der Waals surface area contributed by atoms with Gasteiger partial charge in [-0.2, -0.15) is 0 Å². The number of hydrogen-bond donors (Lipinski definition) is 2. The first-order valence-corrected chi connectivity index (χ1v) is 11.5. The van der Waals surface area contributed by atoms with Gasteiger partial charge in [-0.25, -0.2) is 0 Å². The Labute approximate surface area is 207 Å². The van der Waals surface area contributed by atoms with E-state index in [1.165, 1.54) is 0 Å². The van der Waals surface area contributed by atoms with Gasteiger partial charge < -0.3 is 29.4 Å². The number of nitrogens with one attached hydrogen (secondary N) is 2. The standard InChI is InChI=1S/C26H24N4O4S/c1-32-22-7-3-2-6-20(22)29-26(35)30(15-17-5-4-8-27-14-17)16-19-11-18-12-23-24(34-10-9-33-23)13-21(18)28-25(19)31/h2-8,11-14H,9-10,15-16H2,1H3,(H,28,31)(H,29,35). The molecule has 0 aliphatic carbocycles. The van der Waals surface area contributed by atoms with Gasteiger partial charge in [0, 0.05) is 36.0 Å². The number of thiocarbonyl (C=S) groups is 1. The molecule has 0 spiro atoms. The summed E-state index contributed by atoms with van der Waals surface area (Å²) >= 11 is 5.77. The van der Waals surface area contributed by atoms with Gasteiger partial charge in [-0.05, 0) is 48.1 Å². The summed E-state index contributed by atoms with van der Waals surface area (Å²) in [5.41, 5.74) is 2.78. The summed E-state index contributed by atoms with van der Waals surface area (Å²) in [6.45, 7) is 1.74. The molecule has 0 bridgehead atoms. The van der Waals surface area contributed by atoms with Gasteiger partial charge in [-0.3, -0.25) is 9.78 Å². The van der Waals surface area contributed by atoms with Crippen LogP contribution in [0.2, 0.25) is 0 Å². The van der Waals surface area contributed by atoms with Gasteiger partial charge in [-0.1, -0.05) is 18.2 Å². The molecule has 1 aliphatic heterocycles. The highest BCUT2D eigenvalue weighted by Gasteiger charge is 2.18. The van der Waals surface area contributed by atoms with Crippen LogP contribution in [0.3, 0.4) is 0 Å². The highest BCUT2D eigenvalue weighted by Crippen LogP contribution is 2.33. The van der Waals surface area contributed by atoms with Crippen LogP contribution in [-0.2, 0) is 13.1 Å². The topological polar surface area (TPSA) is 88.7 Å². The average molecular weight is 489 g/mol. The first kappa shape index (κ1) is 22.7. The molecular formula is C26H24N4O4S. The number of fused-ring (bicyclic) bond motifs is 2. The summed E-state index contributed by atoms with van der Waals surface area (Å²) in [7, 11) is 1.61. The van der Waals surface area contributed by atoms with Gasteiger partial charge in [0.2, 0.25) is 0 Å². The van der Waals surface area contributed by atoms with Crippen LogP contribution in [0.1, 0.15) is 11.1 Å². The van der Waals surface area contributed by atoms with Crippen molar-refractivity contribution in [3.05, 3.63) is 88.5 Å². The van der Waals surface area contributed by atoms with Gasteiger partial charge in [0.25, 0.3) is 5.56 Å². The number of hydrogen-bond acceptors (Lipinski definition) is 6. The number of ether oxygens (including phenoxy) is 3. The van der Waals surface area contributed by atoms with Crippen LogP contribution < -0.4 is 25.1 Å². The molecule has 3 heterocycles. The van der Waals surface area contributed by atoms with Gasteiger partial charge >= 0.3 is 0 Å². The average Bonchev–Trinajstić information content (AvgIpc) is 2.88. The Morgan fingerprint density at radius 2 is 1.91 bits per heavy atom. The summed E-state index contributed by atoms with van der Waals surface area (Å²) in [5, 5.41) is 4.58. The first-order chi connectivity index (χ1) is 17.1. The van der Waals surface area contributed by atoms with Crippen molar-refractivity contribution in [2.45, 2.75) is 13.1 Å². The van der Waals surface area contributed by atoms with E-state index in [9.17, 15) is 4.79 Å². The highest BCUT2D eigenvalue weighted by molar-refractivity contribution is 7.80. The number of rotatable bonds is 6. The third kappa shape index (κ3) is 5.04. The van der Waals surface area contributed by atoms with Crippen molar-refractivity contribution in [3.63, 3.8) is 0 Å². The van der Waals surface area contributed by atoms with Gasteiger partial charge in [0.05, 0.1) is 24.9 Å². The Bertz CT molecular complexity index is 1420. The summed E-state index contributed by atoms with van der Waals surface area (Å²) in [4.78, 5) is 22.1. The molecule has 1 aliphatic rings. The Morgan fingerprint density at radius 3 is 2.69 bits per heavy atom. The molecular weight excluding hydrogens is 464 g/mol.